The van der Waals surface area contributed by atoms with E-state index in [0.29, 0.717) is 10.6 Å². The summed E-state index contributed by atoms with van der Waals surface area (Å²) >= 11 is 5.93. The van der Waals surface area contributed by atoms with E-state index in [1.807, 2.05) is 13.8 Å². The molecule has 2 rings (SSSR count). The van der Waals surface area contributed by atoms with Crippen molar-refractivity contribution in [1.29, 1.82) is 0 Å². The van der Waals surface area contributed by atoms with Gasteiger partial charge in [-0.2, -0.15) is 0 Å². The Hall–Kier alpha value is -1.81. The lowest BCUT2D eigenvalue weighted by molar-refractivity contribution is 0.0938. The van der Waals surface area contributed by atoms with Gasteiger partial charge in [-0.3, -0.25) is 4.79 Å². The lowest BCUT2D eigenvalue weighted by Crippen LogP contribution is -2.27. The summed E-state index contributed by atoms with van der Waals surface area (Å²) in [5.74, 6) is 0.590. The highest BCUT2D eigenvalue weighted by Gasteiger charge is 2.13. The number of halogens is 1. The first-order chi connectivity index (χ1) is 8.58. The van der Waals surface area contributed by atoms with Gasteiger partial charge in [0.05, 0.1) is 6.04 Å². The molecule has 1 unspecified atom stereocenters. The Morgan fingerprint density at radius 1 is 1.50 bits per heavy atom. The van der Waals surface area contributed by atoms with Crippen molar-refractivity contribution in [2.45, 2.75) is 19.9 Å². The van der Waals surface area contributed by atoms with Crippen molar-refractivity contribution < 1.29 is 4.79 Å². The van der Waals surface area contributed by atoms with Crippen LogP contribution in [0.4, 0.5) is 0 Å². The van der Waals surface area contributed by atoms with Gasteiger partial charge in [0.25, 0.3) is 5.91 Å². The van der Waals surface area contributed by atoms with Gasteiger partial charge >= 0.3 is 0 Å². The average Bonchev–Trinajstić information content (AvgIpc) is 2.86. The van der Waals surface area contributed by atoms with E-state index in [2.05, 4.69) is 15.3 Å². The third kappa shape index (κ3) is 2.71. The van der Waals surface area contributed by atoms with Crippen molar-refractivity contribution in [2.75, 3.05) is 0 Å². The molecule has 94 valence electrons. The van der Waals surface area contributed by atoms with E-state index in [4.69, 9.17) is 11.6 Å². The number of nitrogens with zero attached hydrogens (tertiary/aromatic N) is 1. The Bertz CT molecular complexity index is 551. The molecule has 0 aliphatic heterocycles. The van der Waals surface area contributed by atoms with E-state index in [0.717, 1.165) is 11.4 Å². The summed E-state index contributed by atoms with van der Waals surface area (Å²) in [4.78, 5) is 19.1. The van der Waals surface area contributed by atoms with Crippen LogP contribution in [0.1, 0.15) is 34.7 Å². The number of aromatic amines is 1. The van der Waals surface area contributed by atoms with Gasteiger partial charge in [-0.25, -0.2) is 4.98 Å². The number of hydrogen-bond donors (Lipinski definition) is 2. The van der Waals surface area contributed by atoms with Crippen molar-refractivity contribution in [2.24, 2.45) is 0 Å². The maximum atomic E-state index is 12.0. The number of aromatic nitrogens is 2. The van der Waals surface area contributed by atoms with Crippen LogP contribution in [0.2, 0.25) is 5.02 Å². The average molecular weight is 264 g/mol. The molecular formula is C13H14ClN3O. The summed E-state index contributed by atoms with van der Waals surface area (Å²) in [5, 5.41) is 3.53. The molecule has 0 saturated heterocycles. The molecule has 1 aromatic heterocycles. The minimum absolute atomic E-state index is 0.140. The summed E-state index contributed by atoms with van der Waals surface area (Å²) in [6, 6.07) is 5.04. The van der Waals surface area contributed by atoms with Gasteiger partial charge in [-0.1, -0.05) is 11.6 Å². The van der Waals surface area contributed by atoms with Crippen LogP contribution in [0, 0.1) is 6.92 Å². The lowest BCUT2D eigenvalue weighted by Gasteiger charge is -2.12. The van der Waals surface area contributed by atoms with Crippen LogP contribution in [0.25, 0.3) is 0 Å². The molecule has 2 aromatic rings. The van der Waals surface area contributed by atoms with Gasteiger partial charge in [-0.05, 0) is 37.6 Å². The SMILES string of the molecule is Cc1cc(C(=O)NC(C)c2ncc[nH]2)ccc1Cl. The number of aryl methyl sites for hydroxylation is 1. The van der Waals surface area contributed by atoms with Gasteiger partial charge in [-0.15, -0.1) is 0 Å². The molecule has 1 amide bonds. The molecule has 1 atom stereocenters. The standard InChI is InChI=1S/C13H14ClN3O/c1-8-7-10(3-4-11(8)14)13(18)17-9(2)12-15-5-6-16-12/h3-7,9H,1-2H3,(H,15,16)(H,17,18). The summed E-state index contributed by atoms with van der Waals surface area (Å²) in [5.41, 5.74) is 1.48. The molecule has 0 fully saturated rings. The Kier molecular flexibility index (Phi) is 3.67. The number of hydrogen-bond acceptors (Lipinski definition) is 2. The smallest absolute Gasteiger partial charge is 0.251 e. The van der Waals surface area contributed by atoms with E-state index in [-0.39, 0.29) is 11.9 Å². The largest absolute Gasteiger partial charge is 0.347 e. The number of carbonyl (C=O) groups is 1. The van der Waals surface area contributed by atoms with Crippen molar-refractivity contribution in [3.05, 3.63) is 52.6 Å². The molecule has 0 radical (unpaired) electrons. The summed E-state index contributed by atoms with van der Waals surface area (Å²) in [6.07, 6.45) is 3.38. The summed E-state index contributed by atoms with van der Waals surface area (Å²) in [7, 11) is 0. The van der Waals surface area contributed by atoms with Gasteiger partial charge in [0.1, 0.15) is 5.82 Å². The van der Waals surface area contributed by atoms with E-state index >= 15 is 0 Å². The molecule has 0 saturated carbocycles. The molecule has 5 heteroatoms. The quantitative estimate of drug-likeness (QED) is 0.895. The van der Waals surface area contributed by atoms with Gasteiger partial charge in [0, 0.05) is 23.0 Å². The fraction of sp³-hybridized carbons (Fsp3) is 0.231. The molecule has 1 heterocycles. The minimum atomic E-state index is -0.163. The number of benzene rings is 1. The number of carbonyl (C=O) groups excluding carboxylic acids is 1. The second-order valence-electron chi connectivity index (χ2n) is 4.13. The second kappa shape index (κ2) is 5.23. The third-order valence-corrected chi connectivity index (χ3v) is 3.12. The molecule has 0 spiro atoms. The van der Waals surface area contributed by atoms with Gasteiger partial charge < -0.3 is 10.3 Å². The first-order valence-corrected chi connectivity index (χ1v) is 6.02. The maximum Gasteiger partial charge on any atom is 0.251 e. The minimum Gasteiger partial charge on any atom is -0.347 e. The number of imidazole rings is 1. The lowest BCUT2D eigenvalue weighted by atomic mass is 10.1. The highest BCUT2D eigenvalue weighted by atomic mass is 35.5. The predicted octanol–water partition coefficient (Wildman–Crippen LogP) is 2.86. The monoisotopic (exact) mass is 263 g/mol. The zero-order chi connectivity index (χ0) is 13.1. The van der Waals surface area contributed by atoms with Crippen molar-refractivity contribution >= 4 is 17.5 Å². The summed E-state index contributed by atoms with van der Waals surface area (Å²) < 4.78 is 0. The van der Waals surface area contributed by atoms with E-state index in [9.17, 15) is 4.79 Å². The number of rotatable bonds is 3. The van der Waals surface area contributed by atoms with Crippen LogP contribution >= 0.6 is 11.6 Å². The van der Waals surface area contributed by atoms with Crippen LogP contribution in [-0.2, 0) is 0 Å². The first-order valence-electron chi connectivity index (χ1n) is 5.64. The normalized spacial score (nSPS) is 12.2. The van der Waals surface area contributed by atoms with E-state index in [1.165, 1.54) is 0 Å². The molecule has 1 aromatic carbocycles. The Labute approximate surface area is 110 Å². The Balaban J connectivity index is 2.10. The first kappa shape index (κ1) is 12.6. The van der Waals surface area contributed by atoms with Gasteiger partial charge in [0.2, 0.25) is 0 Å². The molecule has 0 aliphatic rings. The summed E-state index contributed by atoms with van der Waals surface area (Å²) in [6.45, 7) is 3.74. The zero-order valence-corrected chi connectivity index (χ0v) is 11.0. The number of amides is 1. The number of nitrogens with one attached hydrogen (secondary N) is 2. The number of H-pyrrole nitrogens is 1. The Morgan fingerprint density at radius 3 is 2.89 bits per heavy atom. The second-order valence-corrected chi connectivity index (χ2v) is 4.54. The fourth-order valence-corrected chi connectivity index (χ4v) is 1.77. The van der Waals surface area contributed by atoms with Gasteiger partial charge in [0.15, 0.2) is 0 Å². The van der Waals surface area contributed by atoms with Crippen LogP contribution < -0.4 is 5.32 Å². The topological polar surface area (TPSA) is 57.8 Å². The molecule has 2 N–H and O–H groups in total. The maximum absolute atomic E-state index is 12.0. The van der Waals surface area contributed by atoms with Crippen molar-refractivity contribution in [3.8, 4) is 0 Å². The van der Waals surface area contributed by atoms with Crippen molar-refractivity contribution in [3.63, 3.8) is 0 Å². The highest BCUT2D eigenvalue weighted by molar-refractivity contribution is 6.31. The van der Waals surface area contributed by atoms with E-state index < -0.39 is 0 Å². The predicted molar refractivity (Wildman–Crippen MR) is 70.7 cm³/mol. The van der Waals surface area contributed by atoms with Crippen LogP contribution in [0.3, 0.4) is 0 Å². The van der Waals surface area contributed by atoms with Crippen LogP contribution in [0.15, 0.2) is 30.6 Å². The van der Waals surface area contributed by atoms with Crippen LogP contribution in [0.5, 0.6) is 0 Å². The molecular weight excluding hydrogens is 250 g/mol. The van der Waals surface area contributed by atoms with E-state index in [1.54, 1.807) is 30.6 Å². The third-order valence-electron chi connectivity index (χ3n) is 2.70. The molecule has 18 heavy (non-hydrogen) atoms. The zero-order valence-electron chi connectivity index (χ0n) is 10.2. The molecule has 0 aliphatic carbocycles. The molecule has 0 bridgehead atoms. The highest BCUT2D eigenvalue weighted by Crippen LogP contribution is 2.17. The van der Waals surface area contributed by atoms with Crippen LogP contribution in [-0.4, -0.2) is 15.9 Å². The Morgan fingerprint density at radius 2 is 2.28 bits per heavy atom. The molecule has 4 nitrogen and oxygen atoms in total. The fourth-order valence-electron chi connectivity index (χ4n) is 1.65. The van der Waals surface area contributed by atoms with Crippen molar-refractivity contribution in [1.82, 2.24) is 15.3 Å².